The molecule has 0 saturated carbocycles. The average molecular weight is 400 g/mol. The molecule has 0 spiro atoms. The van der Waals surface area contributed by atoms with Crippen molar-refractivity contribution in [1.82, 2.24) is 9.78 Å². The molecule has 0 aliphatic carbocycles. The number of halogens is 1. The standard InChI is InChI=1S/C20H18ClN3O4/c1-13(19(25)22-15-10-8-14(21)9-11-15)28-20(26)18-17(27-2)12-24(23-18)16-6-4-3-5-7-16/h3-13H,1-2H3,(H,22,25)/t13-/m0/s1. The molecule has 0 saturated heterocycles. The summed E-state index contributed by atoms with van der Waals surface area (Å²) in [5.74, 6) is -0.985. The van der Waals surface area contributed by atoms with Crippen LogP contribution in [0.2, 0.25) is 5.02 Å². The molecule has 1 heterocycles. The summed E-state index contributed by atoms with van der Waals surface area (Å²) < 4.78 is 12.0. The maximum Gasteiger partial charge on any atom is 0.363 e. The number of esters is 1. The van der Waals surface area contributed by atoms with E-state index in [1.54, 1.807) is 30.5 Å². The van der Waals surface area contributed by atoms with Gasteiger partial charge in [0.05, 0.1) is 19.0 Å². The van der Waals surface area contributed by atoms with Gasteiger partial charge >= 0.3 is 5.97 Å². The highest BCUT2D eigenvalue weighted by Crippen LogP contribution is 2.21. The number of carbonyl (C=O) groups is 2. The van der Waals surface area contributed by atoms with Crippen molar-refractivity contribution in [1.29, 1.82) is 0 Å². The Hall–Kier alpha value is -3.32. The minimum atomic E-state index is -1.03. The summed E-state index contributed by atoms with van der Waals surface area (Å²) in [5, 5.41) is 7.44. The van der Waals surface area contributed by atoms with Gasteiger partial charge in [-0.25, -0.2) is 9.48 Å². The Morgan fingerprint density at radius 3 is 2.43 bits per heavy atom. The van der Waals surface area contributed by atoms with Crippen molar-refractivity contribution in [3.05, 3.63) is 71.5 Å². The van der Waals surface area contributed by atoms with Crippen LogP contribution in [0, 0.1) is 0 Å². The number of carbonyl (C=O) groups excluding carboxylic acids is 2. The fraction of sp³-hybridized carbons (Fsp3) is 0.150. The second kappa shape index (κ2) is 8.58. The summed E-state index contributed by atoms with van der Waals surface area (Å²) in [6, 6.07) is 15.9. The van der Waals surface area contributed by atoms with Crippen molar-refractivity contribution in [2.24, 2.45) is 0 Å². The van der Waals surface area contributed by atoms with Crippen LogP contribution in [-0.2, 0) is 9.53 Å². The zero-order valence-corrected chi connectivity index (χ0v) is 16.0. The number of anilines is 1. The van der Waals surface area contributed by atoms with Crippen LogP contribution >= 0.6 is 11.6 Å². The molecule has 144 valence electrons. The van der Waals surface area contributed by atoms with Crippen LogP contribution in [-0.4, -0.2) is 34.9 Å². The van der Waals surface area contributed by atoms with Crippen LogP contribution in [0.15, 0.2) is 60.8 Å². The molecule has 1 amide bonds. The second-order valence-corrected chi connectivity index (χ2v) is 6.31. The highest BCUT2D eigenvalue weighted by molar-refractivity contribution is 6.30. The van der Waals surface area contributed by atoms with Crippen molar-refractivity contribution in [2.75, 3.05) is 12.4 Å². The lowest BCUT2D eigenvalue weighted by Gasteiger charge is -2.13. The van der Waals surface area contributed by atoms with Crippen LogP contribution in [0.3, 0.4) is 0 Å². The molecule has 3 aromatic rings. The molecular weight excluding hydrogens is 382 g/mol. The molecular formula is C20H18ClN3O4. The molecule has 7 nitrogen and oxygen atoms in total. The lowest BCUT2D eigenvalue weighted by molar-refractivity contribution is -0.123. The van der Waals surface area contributed by atoms with E-state index in [0.29, 0.717) is 10.7 Å². The summed E-state index contributed by atoms with van der Waals surface area (Å²) in [6.45, 7) is 1.48. The SMILES string of the molecule is COc1cn(-c2ccccc2)nc1C(=O)O[C@@H](C)C(=O)Nc1ccc(Cl)cc1. The van der Waals surface area contributed by atoms with Gasteiger partial charge in [-0.1, -0.05) is 29.8 Å². The molecule has 0 fully saturated rings. The molecule has 1 atom stereocenters. The quantitative estimate of drug-likeness (QED) is 0.639. The van der Waals surface area contributed by atoms with E-state index in [9.17, 15) is 9.59 Å². The Morgan fingerprint density at radius 2 is 1.79 bits per heavy atom. The van der Waals surface area contributed by atoms with Gasteiger partial charge in [-0.3, -0.25) is 4.79 Å². The third kappa shape index (κ3) is 4.50. The van der Waals surface area contributed by atoms with Gasteiger partial charge in [0.15, 0.2) is 11.9 Å². The first-order chi connectivity index (χ1) is 13.5. The number of amides is 1. The molecule has 3 rings (SSSR count). The number of hydrogen-bond donors (Lipinski definition) is 1. The van der Waals surface area contributed by atoms with E-state index in [4.69, 9.17) is 21.1 Å². The van der Waals surface area contributed by atoms with Crippen LogP contribution in [0.4, 0.5) is 5.69 Å². The first kappa shape index (κ1) is 19.4. The van der Waals surface area contributed by atoms with Gasteiger partial charge in [-0.2, -0.15) is 5.10 Å². The smallest absolute Gasteiger partial charge is 0.363 e. The van der Waals surface area contributed by atoms with Crippen LogP contribution < -0.4 is 10.1 Å². The lowest BCUT2D eigenvalue weighted by Crippen LogP contribution is -2.30. The number of para-hydroxylation sites is 1. The topological polar surface area (TPSA) is 82.5 Å². The van der Waals surface area contributed by atoms with E-state index in [1.165, 1.54) is 18.7 Å². The number of rotatable bonds is 6. The number of nitrogens with one attached hydrogen (secondary N) is 1. The van der Waals surface area contributed by atoms with Gasteiger partial charge in [0.2, 0.25) is 5.69 Å². The Labute approximate surface area is 166 Å². The van der Waals surface area contributed by atoms with E-state index in [-0.39, 0.29) is 11.4 Å². The highest BCUT2D eigenvalue weighted by Gasteiger charge is 2.25. The highest BCUT2D eigenvalue weighted by atomic mass is 35.5. The number of benzene rings is 2. The summed E-state index contributed by atoms with van der Waals surface area (Å²) in [5.41, 5.74) is 1.29. The third-order valence-electron chi connectivity index (χ3n) is 3.88. The number of ether oxygens (including phenoxy) is 2. The van der Waals surface area contributed by atoms with Crippen LogP contribution in [0.5, 0.6) is 5.75 Å². The summed E-state index contributed by atoms with van der Waals surface area (Å²) in [7, 11) is 1.43. The van der Waals surface area contributed by atoms with Crippen molar-refractivity contribution < 1.29 is 19.1 Å². The average Bonchev–Trinajstić information content (AvgIpc) is 3.15. The molecule has 0 radical (unpaired) electrons. The van der Waals surface area contributed by atoms with Crippen molar-refractivity contribution in [3.63, 3.8) is 0 Å². The maximum atomic E-state index is 12.5. The molecule has 28 heavy (non-hydrogen) atoms. The van der Waals surface area contributed by atoms with Crippen molar-refractivity contribution >= 4 is 29.2 Å². The lowest BCUT2D eigenvalue weighted by atomic mass is 10.3. The van der Waals surface area contributed by atoms with Crippen molar-refractivity contribution in [2.45, 2.75) is 13.0 Å². The van der Waals surface area contributed by atoms with E-state index in [0.717, 1.165) is 5.69 Å². The van der Waals surface area contributed by atoms with E-state index < -0.39 is 18.0 Å². The number of methoxy groups -OCH3 is 1. The minimum absolute atomic E-state index is 0.0162. The van der Waals surface area contributed by atoms with Crippen molar-refractivity contribution in [3.8, 4) is 11.4 Å². The van der Waals surface area contributed by atoms with E-state index in [2.05, 4.69) is 10.4 Å². The number of aromatic nitrogens is 2. The summed E-state index contributed by atoms with van der Waals surface area (Å²) >= 11 is 5.82. The molecule has 1 N–H and O–H groups in total. The van der Waals surface area contributed by atoms with Gasteiger partial charge < -0.3 is 14.8 Å². The largest absolute Gasteiger partial charge is 0.493 e. The van der Waals surface area contributed by atoms with Crippen LogP contribution in [0.1, 0.15) is 17.4 Å². The number of nitrogens with zero attached hydrogens (tertiary/aromatic N) is 2. The fourth-order valence-corrected chi connectivity index (χ4v) is 2.53. The van der Waals surface area contributed by atoms with Crippen LogP contribution in [0.25, 0.3) is 5.69 Å². The minimum Gasteiger partial charge on any atom is -0.493 e. The van der Waals surface area contributed by atoms with Gasteiger partial charge in [0, 0.05) is 10.7 Å². The summed E-state index contributed by atoms with van der Waals surface area (Å²) in [4.78, 5) is 24.8. The normalized spacial score (nSPS) is 11.5. The monoisotopic (exact) mass is 399 g/mol. The Morgan fingerprint density at radius 1 is 1.11 bits per heavy atom. The molecule has 0 bridgehead atoms. The molecule has 0 aliphatic rings. The van der Waals surface area contributed by atoms with E-state index >= 15 is 0 Å². The van der Waals surface area contributed by atoms with E-state index in [1.807, 2.05) is 30.3 Å². The molecule has 0 aliphatic heterocycles. The van der Waals surface area contributed by atoms with Gasteiger partial charge in [0.1, 0.15) is 0 Å². The number of hydrogen-bond acceptors (Lipinski definition) is 5. The zero-order valence-electron chi connectivity index (χ0n) is 15.3. The Balaban J connectivity index is 1.70. The maximum absolute atomic E-state index is 12.5. The Kier molecular flexibility index (Phi) is 5.96. The molecule has 8 heteroatoms. The molecule has 0 unspecified atom stereocenters. The Bertz CT molecular complexity index is 971. The third-order valence-corrected chi connectivity index (χ3v) is 4.13. The summed E-state index contributed by atoms with van der Waals surface area (Å²) in [6.07, 6.45) is 0.541. The first-order valence-corrected chi connectivity index (χ1v) is 8.82. The van der Waals surface area contributed by atoms with Gasteiger partial charge in [-0.15, -0.1) is 0 Å². The molecule has 2 aromatic carbocycles. The van der Waals surface area contributed by atoms with Gasteiger partial charge in [0.25, 0.3) is 5.91 Å². The first-order valence-electron chi connectivity index (χ1n) is 8.44. The zero-order chi connectivity index (χ0) is 20.1. The second-order valence-electron chi connectivity index (χ2n) is 5.87. The molecule has 1 aromatic heterocycles. The van der Waals surface area contributed by atoms with Gasteiger partial charge in [-0.05, 0) is 43.3 Å². The fourth-order valence-electron chi connectivity index (χ4n) is 2.41. The predicted molar refractivity (Wildman–Crippen MR) is 105 cm³/mol. The predicted octanol–water partition coefficient (Wildman–Crippen LogP) is 3.72.